The Balaban J connectivity index is 2.00. The van der Waals surface area contributed by atoms with E-state index in [2.05, 4.69) is 0 Å². The number of hydrogen-bond acceptors (Lipinski definition) is 2. The summed E-state index contributed by atoms with van der Waals surface area (Å²) in [4.78, 5) is 13.6. The van der Waals surface area contributed by atoms with Crippen molar-refractivity contribution in [2.75, 3.05) is 6.26 Å². The van der Waals surface area contributed by atoms with Crippen molar-refractivity contribution in [1.82, 2.24) is 4.90 Å². The summed E-state index contributed by atoms with van der Waals surface area (Å²) in [5.41, 5.74) is 3.13. The maximum atomic E-state index is 14.3. The van der Waals surface area contributed by atoms with E-state index in [0.29, 0.717) is 16.7 Å². The number of hydrogen-bond donors (Lipinski definition) is 0. The maximum absolute atomic E-state index is 14.3. The molecule has 0 spiro atoms. The fourth-order valence-electron chi connectivity index (χ4n) is 4.05. The molecule has 31 heavy (non-hydrogen) atoms. The van der Waals surface area contributed by atoms with Crippen molar-refractivity contribution in [3.8, 4) is 0 Å². The summed E-state index contributed by atoms with van der Waals surface area (Å²) in [5, 5.41) is 0. The lowest BCUT2D eigenvalue weighted by molar-refractivity contribution is -0.250. The van der Waals surface area contributed by atoms with Gasteiger partial charge in [0.2, 0.25) is 0 Å². The minimum absolute atomic E-state index is 0.0623. The fourth-order valence-corrected chi connectivity index (χ4v) is 4.75. The van der Waals surface area contributed by atoms with Gasteiger partial charge < -0.3 is 0 Å². The maximum Gasteiger partial charge on any atom is 0.487 e. The Hall–Kier alpha value is -2.99. The van der Waals surface area contributed by atoms with Crippen molar-refractivity contribution in [2.45, 2.75) is 18.8 Å². The summed E-state index contributed by atoms with van der Waals surface area (Å²) in [6.45, 7) is 0. The smallest absolute Gasteiger partial charge is 0.268 e. The van der Waals surface area contributed by atoms with Gasteiger partial charge in [-0.15, -0.1) is 24.9 Å². The summed E-state index contributed by atoms with van der Waals surface area (Å²) in [6.07, 6.45) is -3.12. The Morgan fingerprint density at radius 2 is 1.45 bits per heavy atom. The van der Waals surface area contributed by atoms with Crippen LogP contribution in [0.1, 0.15) is 28.3 Å². The lowest BCUT2D eigenvalue weighted by Crippen LogP contribution is -2.46. The zero-order valence-corrected chi connectivity index (χ0v) is 17.6. The van der Waals surface area contributed by atoms with Gasteiger partial charge in [-0.2, -0.15) is 0 Å². The number of nitrogens with zero attached hydrogens (tertiary/aromatic N) is 1. The molecule has 0 saturated heterocycles. The van der Waals surface area contributed by atoms with E-state index in [0.717, 1.165) is 22.9 Å². The van der Waals surface area contributed by atoms with Crippen LogP contribution in [-0.4, -0.2) is 23.4 Å². The molecular formula is C25H20F3NOS. The highest BCUT2D eigenvalue weighted by Crippen LogP contribution is 2.46. The van der Waals surface area contributed by atoms with Crippen LogP contribution in [0, 0.1) is 0 Å². The molecule has 1 aliphatic rings. The SMILES string of the molecule is CSC1=C(c2ccccc2)c2ccccc2C(Cc2ccccc2)N(C(F)(F)F)C1=O. The molecule has 158 valence electrons. The number of thioether (sulfide) groups is 1. The van der Waals surface area contributed by atoms with Crippen molar-refractivity contribution in [3.05, 3.63) is 112 Å². The van der Waals surface area contributed by atoms with E-state index in [4.69, 9.17) is 0 Å². The van der Waals surface area contributed by atoms with Crippen molar-refractivity contribution in [2.24, 2.45) is 0 Å². The summed E-state index contributed by atoms with van der Waals surface area (Å²) in [7, 11) is 0. The molecule has 1 aliphatic heterocycles. The van der Waals surface area contributed by atoms with E-state index in [-0.39, 0.29) is 16.2 Å². The lowest BCUT2D eigenvalue weighted by atomic mass is 9.89. The van der Waals surface area contributed by atoms with Crippen LogP contribution >= 0.6 is 11.8 Å². The predicted molar refractivity (Wildman–Crippen MR) is 118 cm³/mol. The first-order valence-electron chi connectivity index (χ1n) is 9.79. The molecule has 1 unspecified atom stereocenters. The van der Waals surface area contributed by atoms with Crippen molar-refractivity contribution < 1.29 is 18.0 Å². The van der Waals surface area contributed by atoms with E-state index in [1.165, 1.54) is 0 Å². The molecule has 6 heteroatoms. The third kappa shape index (κ3) is 4.12. The topological polar surface area (TPSA) is 20.3 Å². The number of fused-ring (bicyclic) bond motifs is 1. The van der Waals surface area contributed by atoms with Gasteiger partial charge in [0.15, 0.2) is 0 Å². The fraction of sp³-hybridized carbons (Fsp3) is 0.160. The van der Waals surface area contributed by atoms with Gasteiger partial charge >= 0.3 is 6.30 Å². The average Bonchev–Trinajstić information content (AvgIpc) is 2.87. The molecule has 1 amide bonds. The van der Waals surface area contributed by atoms with Gasteiger partial charge in [0.1, 0.15) is 0 Å². The first-order chi connectivity index (χ1) is 14.9. The average molecular weight is 440 g/mol. The van der Waals surface area contributed by atoms with Crippen LogP contribution in [0.2, 0.25) is 0 Å². The molecule has 0 bridgehead atoms. The highest BCUT2D eigenvalue weighted by Gasteiger charge is 2.49. The normalized spacial score (nSPS) is 16.8. The Bertz CT molecular complexity index is 1110. The molecular weight excluding hydrogens is 419 g/mol. The number of halogens is 3. The number of amides is 1. The number of carbonyl (C=O) groups excluding carboxylic acids is 1. The monoisotopic (exact) mass is 439 g/mol. The van der Waals surface area contributed by atoms with Gasteiger partial charge in [0.25, 0.3) is 5.91 Å². The molecule has 4 rings (SSSR count). The summed E-state index contributed by atoms with van der Waals surface area (Å²) < 4.78 is 43.0. The van der Waals surface area contributed by atoms with Gasteiger partial charge in [-0.05, 0) is 34.9 Å². The summed E-state index contributed by atoms with van der Waals surface area (Å²) in [6, 6.07) is 24.0. The highest BCUT2D eigenvalue weighted by atomic mass is 32.2. The predicted octanol–water partition coefficient (Wildman–Crippen LogP) is 6.45. The zero-order chi connectivity index (χ0) is 22.0. The molecule has 2 nitrogen and oxygen atoms in total. The lowest BCUT2D eigenvalue weighted by Gasteiger charge is -2.33. The van der Waals surface area contributed by atoms with Gasteiger partial charge in [-0.25, -0.2) is 4.90 Å². The summed E-state index contributed by atoms with van der Waals surface area (Å²) >= 11 is 1.05. The van der Waals surface area contributed by atoms with Crippen molar-refractivity contribution in [1.29, 1.82) is 0 Å². The van der Waals surface area contributed by atoms with Crippen molar-refractivity contribution in [3.63, 3.8) is 0 Å². The summed E-state index contributed by atoms with van der Waals surface area (Å²) in [5.74, 6) is -1.02. The molecule has 0 saturated carbocycles. The molecule has 0 aliphatic carbocycles. The first kappa shape index (κ1) is 21.2. The van der Waals surface area contributed by atoms with Crippen LogP contribution in [0.15, 0.2) is 89.8 Å². The van der Waals surface area contributed by atoms with Crippen LogP contribution in [0.3, 0.4) is 0 Å². The third-order valence-corrected chi connectivity index (χ3v) is 6.14. The number of benzene rings is 3. The Morgan fingerprint density at radius 3 is 2.06 bits per heavy atom. The zero-order valence-electron chi connectivity index (χ0n) is 16.8. The molecule has 3 aromatic carbocycles. The van der Waals surface area contributed by atoms with Crippen LogP contribution in [0.4, 0.5) is 13.2 Å². The highest BCUT2D eigenvalue weighted by molar-refractivity contribution is 8.03. The standard InChI is InChI=1S/C25H20F3NOS/c1-31-23-22(18-12-6-3-7-13-18)20-15-9-8-14-19(20)21(16-17-10-4-2-5-11-17)29(24(23)30)25(26,27)28/h2-15,21H,16H2,1H3. The molecule has 0 fully saturated rings. The number of carbonyl (C=O) groups is 1. The van der Waals surface area contributed by atoms with E-state index >= 15 is 0 Å². The Kier molecular flexibility index (Phi) is 5.92. The minimum atomic E-state index is -4.82. The Labute approximate surface area is 183 Å². The first-order valence-corrected chi connectivity index (χ1v) is 11.0. The Morgan fingerprint density at radius 1 is 0.871 bits per heavy atom. The second-order valence-electron chi connectivity index (χ2n) is 7.21. The minimum Gasteiger partial charge on any atom is -0.268 e. The van der Waals surface area contributed by atoms with E-state index < -0.39 is 18.2 Å². The largest absolute Gasteiger partial charge is 0.487 e. The van der Waals surface area contributed by atoms with Gasteiger partial charge in [-0.1, -0.05) is 84.9 Å². The second kappa shape index (κ2) is 8.63. The molecule has 0 N–H and O–H groups in total. The molecule has 0 aromatic heterocycles. The van der Waals surface area contributed by atoms with E-state index in [9.17, 15) is 18.0 Å². The molecule has 1 heterocycles. The third-order valence-electron chi connectivity index (χ3n) is 5.35. The molecule has 0 radical (unpaired) electrons. The molecule has 1 atom stereocenters. The van der Waals surface area contributed by atoms with Gasteiger partial charge in [-0.3, -0.25) is 4.79 Å². The van der Waals surface area contributed by atoms with E-state index in [1.54, 1.807) is 54.8 Å². The number of rotatable bonds is 4. The molecule has 3 aromatic rings. The quantitative estimate of drug-likeness (QED) is 0.435. The van der Waals surface area contributed by atoms with Crippen LogP contribution in [0.5, 0.6) is 0 Å². The van der Waals surface area contributed by atoms with Crippen LogP contribution in [0.25, 0.3) is 5.57 Å². The van der Waals surface area contributed by atoms with Crippen LogP contribution < -0.4 is 0 Å². The van der Waals surface area contributed by atoms with Gasteiger partial charge in [0.05, 0.1) is 10.9 Å². The number of alkyl halides is 3. The van der Waals surface area contributed by atoms with E-state index in [1.807, 2.05) is 36.4 Å². The van der Waals surface area contributed by atoms with Crippen molar-refractivity contribution >= 4 is 23.2 Å². The van der Waals surface area contributed by atoms with Crippen LogP contribution in [-0.2, 0) is 11.2 Å². The van der Waals surface area contributed by atoms with Gasteiger partial charge in [0, 0.05) is 5.57 Å². The second-order valence-corrected chi connectivity index (χ2v) is 8.03.